The fourth-order valence-electron chi connectivity index (χ4n) is 1.88. The van der Waals surface area contributed by atoms with Gasteiger partial charge in [-0.3, -0.25) is 4.98 Å². The summed E-state index contributed by atoms with van der Waals surface area (Å²) in [7, 11) is 0. The van der Waals surface area contributed by atoms with E-state index < -0.39 is 0 Å². The Balaban J connectivity index is 1.89. The third kappa shape index (κ3) is 2.42. The standard InChI is InChI=1S/C11H15NOS/c13-11(6-10-7-12-8-14-10)9-4-2-1-3-5-9/h1-2,7-9,11,13H,3-6H2. The number of nitrogens with zero attached hydrogens (tertiary/aromatic N) is 1. The SMILES string of the molecule is OC(Cc1cncs1)C1CC=CCC1. The molecule has 0 bridgehead atoms. The normalized spacial score (nSPS) is 23.6. The maximum atomic E-state index is 9.99. The molecule has 2 nitrogen and oxygen atoms in total. The number of aliphatic hydroxyl groups excluding tert-OH is 1. The van der Waals surface area contributed by atoms with Crippen LogP contribution in [0.5, 0.6) is 0 Å². The van der Waals surface area contributed by atoms with Crippen LogP contribution in [-0.2, 0) is 6.42 Å². The van der Waals surface area contributed by atoms with Crippen molar-refractivity contribution >= 4 is 11.3 Å². The molecule has 76 valence electrons. The molecule has 0 saturated carbocycles. The van der Waals surface area contributed by atoms with Gasteiger partial charge in [-0.05, 0) is 25.2 Å². The Labute approximate surface area is 88.3 Å². The quantitative estimate of drug-likeness (QED) is 0.775. The highest BCUT2D eigenvalue weighted by Gasteiger charge is 2.19. The third-order valence-corrected chi connectivity index (χ3v) is 3.55. The van der Waals surface area contributed by atoms with E-state index in [1.807, 2.05) is 11.7 Å². The molecular formula is C11H15NOS. The average molecular weight is 209 g/mol. The van der Waals surface area contributed by atoms with Crippen molar-refractivity contribution in [1.29, 1.82) is 0 Å². The molecule has 14 heavy (non-hydrogen) atoms. The molecule has 2 atom stereocenters. The van der Waals surface area contributed by atoms with Gasteiger partial charge in [0.15, 0.2) is 0 Å². The van der Waals surface area contributed by atoms with Gasteiger partial charge in [-0.25, -0.2) is 0 Å². The first-order valence-corrected chi connectivity index (χ1v) is 5.94. The topological polar surface area (TPSA) is 33.1 Å². The van der Waals surface area contributed by atoms with Gasteiger partial charge in [0.1, 0.15) is 0 Å². The van der Waals surface area contributed by atoms with Gasteiger partial charge in [0.2, 0.25) is 0 Å². The van der Waals surface area contributed by atoms with Crippen LogP contribution in [0.15, 0.2) is 23.9 Å². The van der Waals surface area contributed by atoms with E-state index in [2.05, 4.69) is 17.1 Å². The van der Waals surface area contributed by atoms with E-state index in [1.165, 1.54) is 4.88 Å². The summed E-state index contributed by atoms with van der Waals surface area (Å²) < 4.78 is 0. The summed E-state index contributed by atoms with van der Waals surface area (Å²) in [4.78, 5) is 5.20. The molecule has 1 aliphatic carbocycles. The molecule has 3 heteroatoms. The van der Waals surface area contributed by atoms with Crippen LogP contribution in [0.3, 0.4) is 0 Å². The zero-order valence-corrected chi connectivity index (χ0v) is 8.91. The Bertz CT molecular complexity index is 294. The molecule has 2 rings (SSSR count). The Morgan fingerprint density at radius 2 is 2.50 bits per heavy atom. The highest BCUT2D eigenvalue weighted by atomic mass is 32.1. The second-order valence-corrected chi connectivity index (χ2v) is 4.75. The molecule has 1 N–H and O–H groups in total. The van der Waals surface area contributed by atoms with E-state index in [9.17, 15) is 5.11 Å². The van der Waals surface area contributed by atoms with E-state index in [-0.39, 0.29) is 6.10 Å². The monoisotopic (exact) mass is 209 g/mol. The van der Waals surface area contributed by atoms with E-state index in [0.29, 0.717) is 5.92 Å². The molecule has 0 saturated heterocycles. The summed E-state index contributed by atoms with van der Waals surface area (Å²) >= 11 is 1.63. The molecular weight excluding hydrogens is 194 g/mol. The number of hydrogen-bond donors (Lipinski definition) is 1. The lowest BCUT2D eigenvalue weighted by atomic mass is 9.88. The molecule has 0 aliphatic heterocycles. The van der Waals surface area contributed by atoms with Crippen molar-refractivity contribution in [3.63, 3.8) is 0 Å². The summed E-state index contributed by atoms with van der Waals surface area (Å²) in [5.74, 6) is 0.446. The van der Waals surface area contributed by atoms with E-state index in [1.54, 1.807) is 11.3 Å². The van der Waals surface area contributed by atoms with Crippen LogP contribution < -0.4 is 0 Å². The summed E-state index contributed by atoms with van der Waals surface area (Å²) in [6.07, 6.45) is 10.1. The minimum absolute atomic E-state index is 0.194. The Morgan fingerprint density at radius 3 is 3.14 bits per heavy atom. The van der Waals surface area contributed by atoms with Crippen LogP contribution in [-0.4, -0.2) is 16.2 Å². The summed E-state index contributed by atoms with van der Waals surface area (Å²) in [6, 6.07) is 0. The lowest BCUT2D eigenvalue weighted by Crippen LogP contribution is -2.23. The minimum Gasteiger partial charge on any atom is -0.392 e. The number of aliphatic hydroxyl groups is 1. The predicted octanol–water partition coefficient (Wildman–Crippen LogP) is 2.40. The largest absolute Gasteiger partial charge is 0.392 e. The molecule has 0 amide bonds. The summed E-state index contributed by atoms with van der Waals surface area (Å²) in [5, 5.41) is 9.99. The highest BCUT2D eigenvalue weighted by Crippen LogP contribution is 2.24. The van der Waals surface area contributed by atoms with Gasteiger partial charge in [0.05, 0.1) is 11.6 Å². The molecule has 0 radical (unpaired) electrons. The van der Waals surface area contributed by atoms with Crippen molar-refractivity contribution in [2.75, 3.05) is 0 Å². The van der Waals surface area contributed by atoms with Gasteiger partial charge in [0, 0.05) is 17.5 Å². The number of thiazole rings is 1. The number of hydrogen-bond acceptors (Lipinski definition) is 3. The molecule has 1 aliphatic rings. The first-order chi connectivity index (χ1) is 6.86. The fraction of sp³-hybridized carbons (Fsp3) is 0.545. The number of rotatable bonds is 3. The summed E-state index contributed by atoms with van der Waals surface area (Å²) in [5.41, 5.74) is 1.82. The highest BCUT2D eigenvalue weighted by molar-refractivity contribution is 7.09. The van der Waals surface area contributed by atoms with Crippen molar-refractivity contribution in [3.8, 4) is 0 Å². The van der Waals surface area contributed by atoms with Crippen LogP contribution >= 0.6 is 11.3 Å². The van der Waals surface area contributed by atoms with Gasteiger partial charge in [-0.15, -0.1) is 11.3 Å². The number of allylic oxidation sites excluding steroid dienone is 2. The van der Waals surface area contributed by atoms with Gasteiger partial charge < -0.3 is 5.11 Å². The lowest BCUT2D eigenvalue weighted by molar-refractivity contribution is 0.103. The molecule has 0 spiro atoms. The Morgan fingerprint density at radius 1 is 1.57 bits per heavy atom. The predicted molar refractivity (Wildman–Crippen MR) is 58.3 cm³/mol. The first-order valence-electron chi connectivity index (χ1n) is 5.06. The van der Waals surface area contributed by atoms with Crippen LogP contribution in [0.25, 0.3) is 0 Å². The van der Waals surface area contributed by atoms with Crippen molar-refractivity contribution < 1.29 is 5.11 Å². The molecule has 1 aromatic heterocycles. The van der Waals surface area contributed by atoms with Gasteiger partial charge in [0.25, 0.3) is 0 Å². The van der Waals surface area contributed by atoms with Crippen molar-refractivity contribution in [1.82, 2.24) is 4.98 Å². The van der Waals surface area contributed by atoms with Crippen molar-refractivity contribution in [2.24, 2.45) is 5.92 Å². The molecule has 0 fully saturated rings. The first kappa shape index (κ1) is 9.87. The zero-order valence-electron chi connectivity index (χ0n) is 8.10. The van der Waals surface area contributed by atoms with E-state index >= 15 is 0 Å². The van der Waals surface area contributed by atoms with Gasteiger partial charge in [-0.1, -0.05) is 12.2 Å². The fourth-order valence-corrected chi connectivity index (χ4v) is 2.53. The van der Waals surface area contributed by atoms with Crippen LogP contribution in [0.1, 0.15) is 24.1 Å². The molecule has 1 heterocycles. The van der Waals surface area contributed by atoms with Gasteiger partial charge >= 0.3 is 0 Å². The molecule has 2 unspecified atom stereocenters. The molecule has 1 aromatic rings. The minimum atomic E-state index is -0.194. The zero-order chi connectivity index (χ0) is 9.80. The number of aromatic nitrogens is 1. The second-order valence-electron chi connectivity index (χ2n) is 3.78. The lowest BCUT2D eigenvalue weighted by Gasteiger charge is -2.23. The smallest absolute Gasteiger partial charge is 0.0794 e. The van der Waals surface area contributed by atoms with Crippen molar-refractivity contribution in [3.05, 3.63) is 28.7 Å². The Hall–Kier alpha value is -0.670. The van der Waals surface area contributed by atoms with Gasteiger partial charge in [-0.2, -0.15) is 0 Å². The second kappa shape index (κ2) is 4.71. The third-order valence-electron chi connectivity index (χ3n) is 2.75. The van der Waals surface area contributed by atoms with Crippen LogP contribution in [0.4, 0.5) is 0 Å². The van der Waals surface area contributed by atoms with Crippen LogP contribution in [0.2, 0.25) is 0 Å². The van der Waals surface area contributed by atoms with Crippen molar-refractivity contribution in [2.45, 2.75) is 31.8 Å². The Kier molecular flexibility index (Phi) is 3.32. The van der Waals surface area contributed by atoms with E-state index in [0.717, 1.165) is 25.7 Å². The maximum absolute atomic E-state index is 9.99. The van der Waals surface area contributed by atoms with Crippen LogP contribution in [0, 0.1) is 5.92 Å². The average Bonchev–Trinajstić information content (AvgIpc) is 2.72. The maximum Gasteiger partial charge on any atom is 0.0794 e. The molecule has 0 aromatic carbocycles. The van der Waals surface area contributed by atoms with E-state index in [4.69, 9.17) is 0 Å². The summed E-state index contributed by atoms with van der Waals surface area (Å²) in [6.45, 7) is 0.